The Bertz CT molecular complexity index is 1330. The highest BCUT2D eigenvalue weighted by molar-refractivity contribution is 6.01. The van der Waals surface area contributed by atoms with Gasteiger partial charge >= 0.3 is 0 Å². The van der Waals surface area contributed by atoms with Crippen molar-refractivity contribution in [3.8, 4) is 17.2 Å². The fourth-order valence-electron chi connectivity index (χ4n) is 4.66. The van der Waals surface area contributed by atoms with E-state index >= 15 is 0 Å². The molecule has 1 aliphatic rings. The zero-order valence-electron chi connectivity index (χ0n) is 23.5. The zero-order chi connectivity index (χ0) is 29.1. The van der Waals surface area contributed by atoms with Crippen LogP contribution >= 0.6 is 0 Å². The van der Waals surface area contributed by atoms with Crippen LogP contribution in [0.25, 0.3) is 0 Å². The lowest BCUT2D eigenvalue weighted by Crippen LogP contribution is -2.52. The molecule has 9 nitrogen and oxygen atoms in total. The first-order chi connectivity index (χ1) is 20.0. The van der Waals surface area contributed by atoms with Crippen molar-refractivity contribution in [2.45, 2.75) is 30.9 Å². The summed E-state index contributed by atoms with van der Waals surface area (Å²) in [5, 5.41) is 8.98. The molecule has 216 valence electrons. The number of ether oxygens (including phenoxy) is 4. The van der Waals surface area contributed by atoms with Gasteiger partial charge in [-0.25, -0.2) is 10.4 Å². The summed E-state index contributed by atoms with van der Waals surface area (Å²) < 4.78 is 22.7. The Kier molecular flexibility index (Phi) is 10.4. The minimum atomic E-state index is -1.27. The molecular formula is C32H37N3O6. The maximum Gasteiger partial charge on any atom is 0.266 e. The van der Waals surface area contributed by atoms with Gasteiger partial charge in [-0.15, -0.1) is 6.58 Å². The average molecular weight is 560 g/mol. The first-order valence-corrected chi connectivity index (χ1v) is 13.5. The van der Waals surface area contributed by atoms with Gasteiger partial charge in [-0.2, -0.15) is 0 Å². The largest absolute Gasteiger partial charge is 0.494 e. The molecule has 0 aliphatic carbocycles. The van der Waals surface area contributed by atoms with E-state index < -0.39 is 11.6 Å². The van der Waals surface area contributed by atoms with Crippen LogP contribution in [0.5, 0.6) is 17.2 Å². The third-order valence-corrected chi connectivity index (χ3v) is 6.78. The Balaban J connectivity index is 1.52. The molecule has 41 heavy (non-hydrogen) atoms. The molecule has 9 heteroatoms. The minimum absolute atomic E-state index is 0.0716. The van der Waals surface area contributed by atoms with Crippen molar-refractivity contribution < 1.29 is 28.8 Å². The molecule has 0 fully saturated rings. The van der Waals surface area contributed by atoms with Crippen molar-refractivity contribution in [2.75, 3.05) is 34.0 Å². The number of carbonyl (C=O) groups excluding carboxylic acids is 1. The number of methoxy groups -OCH3 is 2. The SMILES string of the molecule is C=CC[C@]1(C(=O)NNCCc2ccc(OC)c(OC)c2)N=C(c2ccc(OCCCO)cc2)O[C@H]1c1ccccc1. The smallest absolute Gasteiger partial charge is 0.266 e. The molecule has 2 atom stereocenters. The number of aliphatic hydroxyl groups is 1. The highest BCUT2D eigenvalue weighted by atomic mass is 16.5. The number of amides is 1. The monoisotopic (exact) mass is 559 g/mol. The summed E-state index contributed by atoms with van der Waals surface area (Å²) in [6.45, 7) is 4.89. The highest BCUT2D eigenvalue weighted by Gasteiger charge is 2.52. The standard InChI is InChI=1S/C32H37N3O6/c1-4-18-32(31(37)35-33-19-17-23-11-16-27(38-2)28(22-23)39-3)29(24-9-6-5-7-10-24)41-30(34-32)25-12-14-26(15-13-25)40-21-8-20-36/h4-7,9-16,22,29,33,36H,1,8,17-21H2,2-3H3,(H,35,37)/t29-,32-/m0/s1. The quantitative estimate of drug-likeness (QED) is 0.146. The molecule has 4 rings (SSSR count). The molecule has 1 heterocycles. The topological polar surface area (TPSA) is 111 Å². The molecule has 3 aromatic rings. The molecule has 1 amide bonds. The summed E-state index contributed by atoms with van der Waals surface area (Å²) in [5.41, 5.74) is 7.22. The van der Waals surface area contributed by atoms with E-state index in [4.69, 9.17) is 29.0 Å². The number of nitrogens with one attached hydrogen (secondary N) is 2. The second-order valence-electron chi connectivity index (χ2n) is 9.51. The van der Waals surface area contributed by atoms with E-state index in [1.54, 1.807) is 20.3 Å². The van der Waals surface area contributed by atoms with Crippen LogP contribution in [0.3, 0.4) is 0 Å². The van der Waals surface area contributed by atoms with Crippen LogP contribution in [-0.4, -0.2) is 56.4 Å². The molecule has 0 bridgehead atoms. The first-order valence-electron chi connectivity index (χ1n) is 13.5. The number of nitrogens with zero attached hydrogens (tertiary/aromatic N) is 1. The molecule has 3 N–H and O–H groups in total. The molecule has 1 aliphatic heterocycles. The summed E-state index contributed by atoms with van der Waals surface area (Å²) in [5.74, 6) is 2.03. The summed E-state index contributed by atoms with van der Waals surface area (Å²) in [6.07, 6.45) is 2.49. The second kappa shape index (κ2) is 14.3. The molecular weight excluding hydrogens is 522 g/mol. The Morgan fingerprint density at radius 3 is 2.51 bits per heavy atom. The molecule has 3 aromatic carbocycles. The zero-order valence-corrected chi connectivity index (χ0v) is 23.5. The Hall–Kier alpha value is -4.34. The van der Waals surface area contributed by atoms with Gasteiger partial charge < -0.3 is 24.1 Å². The fraction of sp³-hybridized carbons (Fsp3) is 0.312. The number of hydrogen-bond acceptors (Lipinski definition) is 8. The number of hydrogen-bond donors (Lipinski definition) is 3. The molecule has 0 radical (unpaired) electrons. The van der Waals surface area contributed by atoms with E-state index in [1.165, 1.54) is 0 Å². The van der Waals surface area contributed by atoms with Crippen LogP contribution in [-0.2, 0) is 16.0 Å². The van der Waals surface area contributed by atoms with E-state index in [2.05, 4.69) is 17.4 Å². The van der Waals surface area contributed by atoms with Gasteiger partial charge in [0.15, 0.2) is 23.1 Å². The molecule has 0 unspecified atom stereocenters. The van der Waals surface area contributed by atoms with Crippen molar-refractivity contribution in [1.82, 2.24) is 10.9 Å². The Morgan fingerprint density at radius 2 is 1.83 bits per heavy atom. The third kappa shape index (κ3) is 7.06. The summed E-state index contributed by atoms with van der Waals surface area (Å²) in [4.78, 5) is 18.7. The number of rotatable bonds is 15. The number of hydrazine groups is 1. The van der Waals surface area contributed by atoms with Crippen molar-refractivity contribution >= 4 is 11.8 Å². The van der Waals surface area contributed by atoms with Gasteiger partial charge in [0.25, 0.3) is 5.91 Å². The van der Waals surface area contributed by atoms with E-state index in [1.807, 2.05) is 72.8 Å². The van der Waals surface area contributed by atoms with Crippen molar-refractivity contribution in [2.24, 2.45) is 4.99 Å². The second-order valence-corrected chi connectivity index (χ2v) is 9.51. The number of aliphatic imine (C=N–C) groups is 1. The lowest BCUT2D eigenvalue weighted by Gasteiger charge is -2.29. The van der Waals surface area contributed by atoms with Gasteiger partial charge in [-0.05, 0) is 53.9 Å². The van der Waals surface area contributed by atoms with Crippen molar-refractivity contribution in [3.05, 3.63) is 102 Å². The van der Waals surface area contributed by atoms with Crippen LogP contribution in [0, 0.1) is 0 Å². The average Bonchev–Trinajstić information content (AvgIpc) is 3.40. The lowest BCUT2D eigenvalue weighted by molar-refractivity contribution is -0.129. The first kappa shape index (κ1) is 29.6. The van der Waals surface area contributed by atoms with E-state index in [0.29, 0.717) is 49.1 Å². The van der Waals surface area contributed by atoms with Crippen LogP contribution < -0.4 is 25.1 Å². The van der Waals surface area contributed by atoms with E-state index in [-0.39, 0.29) is 18.9 Å². The van der Waals surface area contributed by atoms with E-state index in [9.17, 15) is 4.79 Å². The minimum Gasteiger partial charge on any atom is -0.494 e. The highest BCUT2D eigenvalue weighted by Crippen LogP contribution is 2.42. The van der Waals surface area contributed by atoms with Crippen LogP contribution in [0.1, 0.15) is 35.6 Å². The molecule has 0 spiro atoms. The number of benzene rings is 3. The van der Waals surface area contributed by atoms with Crippen LogP contribution in [0.15, 0.2) is 90.4 Å². The number of aliphatic hydroxyl groups excluding tert-OH is 1. The maximum atomic E-state index is 13.8. The van der Waals surface area contributed by atoms with Gasteiger partial charge in [-0.3, -0.25) is 10.2 Å². The van der Waals surface area contributed by atoms with Crippen molar-refractivity contribution in [1.29, 1.82) is 0 Å². The predicted octanol–water partition coefficient (Wildman–Crippen LogP) is 4.16. The third-order valence-electron chi connectivity index (χ3n) is 6.78. The summed E-state index contributed by atoms with van der Waals surface area (Å²) >= 11 is 0. The van der Waals surface area contributed by atoms with Crippen LogP contribution in [0.4, 0.5) is 0 Å². The summed E-state index contributed by atoms with van der Waals surface area (Å²) in [7, 11) is 3.20. The number of carbonyl (C=O) groups is 1. The van der Waals surface area contributed by atoms with Gasteiger partial charge in [0.1, 0.15) is 5.75 Å². The molecule has 0 aromatic heterocycles. The predicted molar refractivity (Wildman–Crippen MR) is 157 cm³/mol. The Morgan fingerprint density at radius 1 is 1.07 bits per heavy atom. The van der Waals surface area contributed by atoms with Gasteiger partial charge in [0.05, 0.1) is 20.8 Å². The van der Waals surface area contributed by atoms with Gasteiger partial charge in [-0.1, -0.05) is 42.5 Å². The lowest BCUT2D eigenvalue weighted by atomic mass is 9.84. The van der Waals surface area contributed by atoms with Crippen molar-refractivity contribution in [3.63, 3.8) is 0 Å². The van der Waals surface area contributed by atoms with Gasteiger partial charge in [0, 0.05) is 31.6 Å². The molecule has 0 saturated carbocycles. The molecule has 0 saturated heterocycles. The van der Waals surface area contributed by atoms with Gasteiger partial charge in [0.2, 0.25) is 5.90 Å². The maximum absolute atomic E-state index is 13.8. The summed E-state index contributed by atoms with van der Waals surface area (Å²) in [6, 6.07) is 22.7. The van der Waals surface area contributed by atoms with E-state index in [0.717, 1.165) is 16.7 Å². The normalized spacial score (nSPS) is 17.7. The van der Waals surface area contributed by atoms with Crippen LogP contribution in [0.2, 0.25) is 0 Å². The fourth-order valence-corrected chi connectivity index (χ4v) is 4.66. The Labute approximate surface area is 240 Å².